The first-order valence-corrected chi connectivity index (χ1v) is 6.31. The summed E-state index contributed by atoms with van der Waals surface area (Å²) < 4.78 is 10.7. The summed E-state index contributed by atoms with van der Waals surface area (Å²) in [6.45, 7) is 3.16. The second-order valence-electron chi connectivity index (χ2n) is 4.83. The van der Waals surface area contributed by atoms with E-state index in [9.17, 15) is 4.79 Å². The molecule has 98 valence electrons. The fraction of sp³-hybridized carbons (Fsp3) is 0.917. The SMILES string of the molecule is CO[C@@H]1CN(C(=O)[C@@H]2CCCNC2)C[C@H]1OC. The lowest BCUT2D eigenvalue weighted by Gasteiger charge is -2.26. The van der Waals surface area contributed by atoms with Gasteiger partial charge in [-0.1, -0.05) is 0 Å². The number of hydrogen-bond acceptors (Lipinski definition) is 4. The van der Waals surface area contributed by atoms with Gasteiger partial charge in [-0.25, -0.2) is 0 Å². The molecular formula is C12H22N2O3. The Morgan fingerprint density at radius 2 is 1.88 bits per heavy atom. The van der Waals surface area contributed by atoms with E-state index in [4.69, 9.17) is 9.47 Å². The fourth-order valence-electron chi connectivity index (χ4n) is 2.70. The Morgan fingerprint density at radius 1 is 1.24 bits per heavy atom. The Balaban J connectivity index is 1.92. The van der Waals surface area contributed by atoms with E-state index in [0.717, 1.165) is 25.9 Å². The zero-order valence-electron chi connectivity index (χ0n) is 10.6. The number of carbonyl (C=O) groups is 1. The number of carbonyl (C=O) groups excluding carboxylic acids is 1. The van der Waals surface area contributed by atoms with Gasteiger partial charge in [0.2, 0.25) is 5.91 Å². The van der Waals surface area contributed by atoms with Crippen molar-refractivity contribution < 1.29 is 14.3 Å². The third-order valence-electron chi connectivity index (χ3n) is 3.78. The predicted molar refractivity (Wildman–Crippen MR) is 63.8 cm³/mol. The van der Waals surface area contributed by atoms with Gasteiger partial charge in [-0.3, -0.25) is 4.79 Å². The van der Waals surface area contributed by atoms with Crippen molar-refractivity contribution in [1.82, 2.24) is 10.2 Å². The van der Waals surface area contributed by atoms with Gasteiger partial charge >= 0.3 is 0 Å². The Hall–Kier alpha value is -0.650. The molecule has 0 aromatic heterocycles. The average Bonchev–Trinajstić information content (AvgIpc) is 2.82. The number of ether oxygens (including phenoxy) is 2. The highest BCUT2D eigenvalue weighted by Crippen LogP contribution is 2.20. The first-order valence-electron chi connectivity index (χ1n) is 6.31. The summed E-state index contributed by atoms with van der Waals surface area (Å²) in [5.74, 6) is 0.385. The van der Waals surface area contributed by atoms with Crippen molar-refractivity contribution in [1.29, 1.82) is 0 Å². The molecule has 0 saturated carbocycles. The molecule has 17 heavy (non-hydrogen) atoms. The number of methoxy groups -OCH3 is 2. The zero-order valence-corrected chi connectivity index (χ0v) is 10.6. The second kappa shape index (κ2) is 5.80. The Labute approximate surface area is 102 Å². The standard InChI is InChI=1S/C12H22N2O3/c1-16-10-7-14(8-11(10)17-2)12(15)9-4-3-5-13-6-9/h9-11,13H,3-8H2,1-2H3/t9-,10-,11-/m1/s1. The molecule has 2 heterocycles. The smallest absolute Gasteiger partial charge is 0.227 e. The van der Waals surface area contributed by atoms with E-state index in [0.29, 0.717) is 13.1 Å². The summed E-state index contributed by atoms with van der Waals surface area (Å²) in [5, 5.41) is 3.28. The van der Waals surface area contributed by atoms with Gasteiger partial charge in [-0.05, 0) is 19.4 Å². The van der Waals surface area contributed by atoms with Crippen LogP contribution in [-0.4, -0.2) is 63.4 Å². The Kier molecular flexibility index (Phi) is 4.36. The van der Waals surface area contributed by atoms with Gasteiger partial charge in [-0.2, -0.15) is 0 Å². The van der Waals surface area contributed by atoms with E-state index < -0.39 is 0 Å². The van der Waals surface area contributed by atoms with Crippen LogP contribution in [0.25, 0.3) is 0 Å². The van der Waals surface area contributed by atoms with E-state index in [-0.39, 0.29) is 24.0 Å². The summed E-state index contributed by atoms with van der Waals surface area (Å²) in [5.41, 5.74) is 0. The van der Waals surface area contributed by atoms with Gasteiger partial charge in [0.25, 0.3) is 0 Å². The van der Waals surface area contributed by atoms with Crippen molar-refractivity contribution in [2.24, 2.45) is 5.92 Å². The summed E-state index contributed by atoms with van der Waals surface area (Å²) in [6, 6.07) is 0. The van der Waals surface area contributed by atoms with Crippen LogP contribution < -0.4 is 5.32 Å². The largest absolute Gasteiger partial charge is 0.377 e. The first kappa shape index (κ1) is 12.8. The number of rotatable bonds is 3. The minimum Gasteiger partial charge on any atom is -0.377 e. The first-order chi connectivity index (χ1) is 8.26. The summed E-state index contributed by atoms with van der Waals surface area (Å²) >= 11 is 0. The van der Waals surface area contributed by atoms with Crippen LogP contribution in [0.3, 0.4) is 0 Å². The van der Waals surface area contributed by atoms with Gasteiger partial charge < -0.3 is 19.7 Å². The van der Waals surface area contributed by atoms with Crippen molar-refractivity contribution in [3.8, 4) is 0 Å². The minimum atomic E-state index is 0.0144. The monoisotopic (exact) mass is 242 g/mol. The van der Waals surface area contributed by atoms with Gasteiger partial charge in [0, 0.05) is 33.9 Å². The maximum atomic E-state index is 12.3. The quantitative estimate of drug-likeness (QED) is 0.748. The molecule has 3 atom stereocenters. The zero-order chi connectivity index (χ0) is 12.3. The molecule has 2 saturated heterocycles. The highest BCUT2D eigenvalue weighted by molar-refractivity contribution is 5.79. The molecule has 2 fully saturated rings. The molecule has 5 heteroatoms. The molecule has 0 radical (unpaired) electrons. The van der Waals surface area contributed by atoms with Crippen LogP contribution in [0.1, 0.15) is 12.8 Å². The molecule has 0 aliphatic carbocycles. The van der Waals surface area contributed by atoms with E-state index in [1.165, 1.54) is 0 Å². The van der Waals surface area contributed by atoms with E-state index in [2.05, 4.69) is 5.32 Å². The summed E-state index contributed by atoms with van der Waals surface area (Å²) in [7, 11) is 3.35. The lowest BCUT2D eigenvalue weighted by atomic mass is 9.98. The average molecular weight is 242 g/mol. The molecule has 0 unspecified atom stereocenters. The van der Waals surface area contributed by atoms with E-state index in [1.807, 2.05) is 4.90 Å². The van der Waals surface area contributed by atoms with Gasteiger partial charge in [0.05, 0.1) is 5.92 Å². The van der Waals surface area contributed by atoms with Crippen LogP contribution in [0.15, 0.2) is 0 Å². The minimum absolute atomic E-state index is 0.0144. The second-order valence-corrected chi connectivity index (χ2v) is 4.83. The highest BCUT2D eigenvalue weighted by atomic mass is 16.5. The third kappa shape index (κ3) is 2.78. The van der Waals surface area contributed by atoms with Gasteiger partial charge in [0.15, 0.2) is 0 Å². The number of piperidine rings is 1. The molecule has 2 rings (SSSR count). The molecule has 1 amide bonds. The van der Waals surface area contributed by atoms with Crippen LogP contribution >= 0.6 is 0 Å². The van der Waals surface area contributed by atoms with Gasteiger partial charge in [-0.15, -0.1) is 0 Å². The summed E-state index contributed by atoms with van der Waals surface area (Å²) in [4.78, 5) is 14.2. The Morgan fingerprint density at radius 3 is 2.35 bits per heavy atom. The molecule has 2 aliphatic heterocycles. The topological polar surface area (TPSA) is 50.8 Å². The maximum absolute atomic E-state index is 12.3. The van der Waals surface area contributed by atoms with Crippen molar-refractivity contribution in [2.75, 3.05) is 40.4 Å². The molecule has 0 spiro atoms. The number of amides is 1. The highest BCUT2D eigenvalue weighted by Gasteiger charge is 2.37. The van der Waals surface area contributed by atoms with Crippen LogP contribution in [0, 0.1) is 5.92 Å². The van der Waals surface area contributed by atoms with Crippen LogP contribution in [0.2, 0.25) is 0 Å². The molecule has 1 N–H and O–H groups in total. The molecule has 5 nitrogen and oxygen atoms in total. The number of hydrogen-bond donors (Lipinski definition) is 1. The summed E-state index contributed by atoms with van der Waals surface area (Å²) in [6.07, 6.45) is 2.12. The maximum Gasteiger partial charge on any atom is 0.227 e. The molecule has 0 bridgehead atoms. The van der Waals surface area contributed by atoms with Crippen molar-refractivity contribution in [2.45, 2.75) is 25.0 Å². The lowest BCUT2D eigenvalue weighted by molar-refractivity contribution is -0.135. The van der Waals surface area contributed by atoms with Crippen molar-refractivity contribution in [3.63, 3.8) is 0 Å². The number of nitrogens with one attached hydrogen (secondary N) is 1. The van der Waals surface area contributed by atoms with E-state index in [1.54, 1.807) is 14.2 Å². The van der Waals surface area contributed by atoms with Crippen molar-refractivity contribution >= 4 is 5.91 Å². The molecule has 2 aliphatic rings. The molecular weight excluding hydrogens is 220 g/mol. The number of likely N-dealkylation sites (tertiary alicyclic amines) is 1. The Bertz CT molecular complexity index is 254. The molecule has 0 aromatic rings. The van der Waals surface area contributed by atoms with Crippen LogP contribution in [0.4, 0.5) is 0 Å². The van der Waals surface area contributed by atoms with Crippen LogP contribution in [-0.2, 0) is 14.3 Å². The molecule has 0 aromatic carbocycles. The van der Waals surface area contributed by atoms with Gasteiger partial charge in [0.1, 0.15) is 12.2 Å². The van der Waals surface area contributed by atoms with E-state index >= 15 is 0 Å². The normalized spacial score (nSPS) is 34.0. The third-order valence-corrected chi connectivity index (χ3v) is 3.78. The fourth-order valence-corrected chi connectivity index (χ4v) is 2.70. The van der Waals surface area contributed by atoms with Crippen LogP contribution in [0.5, 0.6) is 0 Å². The van der Waals surface area contributed by atoms with Crippen molar-refractivity contribution in [3.05, 3.63) is 0 Å². The lowest BCUT2D eigenvalue weighted by Crippen LogP contribution is -2.42. The predicted octanol–water partition coefficient (Wildman–Crippen LogP) is -0.142. The number of nitrogens with zero attached hydrogens (tertiary/aromatic N) is 1.